The molecule has 2 heterocycles. The molecular weight excluding hydrogens is 245 g/mol. The normalized spacial score (nSPS) is 40.1. The largest absolute Gasteiger partial charge is 0.383 e. The van der Waals surface area contributed by atoms with Crippen molar-refractivity contribution in [2.24, 2.45) is 0 Å². The van der Waals surface area contributed by atoms with E-state index in [0.29, 0.717) is 0 Å². The van der Waals surface area contributed by atoms with Gasteiger partial charge in [-0.2, -0.15) is 4.98 Å². The third-order valence-electron chi connectivity index (χ3n) is 3.30. The Bertz CT molecular complexity index is 528. The van der Waals surface area contributed by atoms with E-state index in [0.717, 1.165) is 18.4 Å². The summed E-state index contributed by atoms with van der Waals surface area (Å²) in [5.41, 5.74) is -0.0160. The molecular formula is C10H14FN3O4. The van der Waals surface area contributed by atoms with Gasteiger partial charge in [0, 0.05) is 6.20 Å². The highest BCUT2D eigenvalue weighted by Crippen LogP contribution is 2.46. The molecule has 4 N–H and O–H groups in total. The molecule has 1 saturated heterocycles. The number of aliphatic hydroxyl groups is 2. The van der Waals surface area contributed by atoms with Crippen LogP contribution in [0.5, 0.6) is 0 Å². The van der Waals surface area contributed by atoms with Gasteiger partial charge in [0.15, 0.2) is 23.8 Å². The number of nitrogen functional groups attached to an aromatic ring is 1. The number of aromatic nitrogens is 2. The molecule has 0 aliphatic carbocycles. The van der Waals surface area contributed by atoms with Gasteiger partial charge >= 0.3 is 5.69 Å². The maximum atomic E-state index is 14.5. The minimum Gasteiger partial charge on any atom is -0.383 e. The van der Waals surface area contributed by atoms with Gasteiger partial charge in [-0.3, -0.25) is 4.57 Å². The van der Waals surface area contributed by atoms with Crippen LogP contribution in [0.1, 0.15) is 20.1 Å². The van der Waals surface area contributed by atoms with E-state index in [1.807, 2.05) is 0 Å². The Morgan fingerprint density at radius 2 is 2.22 bits per heavy atom. The highest BCUT2D eigenvalue weighted by molar-refractivity contribution is 5.24. The number of rotatable bonds is 1. The fourth-order valence-corrected chi connectivity index (χ4v) is 1.80. The first-order valence-corrected chi connectivity index (χ1v) is 5.27. The third-order valence-corrected chi connectivity index (χ3v) is 3.30. The molecule has 18 heavy (non-hydrogen) atoms. The molecule has 1 aromatic heterocycles. The number of ether oxygens (including phenoxy) is 1. The third kappa shape index (κ3) is 1.61. The maximum absolute atomic E-state index is 14.5. The molecule has 2 rings (SSSR count). The molecule has 0 aromatic carbocycles. The average molecular weight is 259 g/mol. The van der Waals surface area contributed by atoms with Crippen LogP contribution in [0.3, 0.4) is 0 Å². The van der Waals surface area contributed by atoms with Crippen molar-refractivity contribution >= 4 is 5.82 Å². The molecule has 0 amide bonds. The standard InChI is InChI=1S/C10H14FN3O4/c1-9(11)6(18-7(15)10(9,2)17)14-4-3-5(12)13-8(14)16/h3-4,6-7,15,17H,1-2H3,(H2,12,13,16)/t6?,7-,9-,10?/m0/s1. The summed E-state index contributed by atoms with van der Waals surface area (Å²) in [7, 11) is 0. The molecule has 1 aromatic rings. The van der Waals surface area contributed by atoms with Gasteiger partial charge in [0.2, 0.25) is 0 Å². The lowest BCUT2D eigenvalue weighted by molar-refractivity contribution is -0.175. The van der Waals surface area contributed by atoms with E-state index < -0.39 is 29.5 Å². The Kier molecular flexibility index (Phi) is 2.69. The van der Waals surface area contributed by atoms with Crippen LogP contribution in [0.25, 0.3) is 0 Å². The molecule has 0 radical (unpaired) electrons. The maximum Gasteiger partial charge on any atom is 0.351 e. The summed E-state index contributed by atoms with van der Waals surface area (Å²) in [5.74, 6) is -0.0119. The number of hydrogen-bond acceptors (Lipinski definition) is 6. The lowest BCUT2D eigenvalue weighted by atomic mass is 9.88. The minimum atomic E-state index is -2.37. The summed E-state index contributed by atoms with van der Waals surface area (Å²) in [6, 6.07) is 1.29. The number of nitrogens with two attached hydrogens (primary N) is 1. The van der Waals surface area contributed by atoms with Crippen molar-refractivity contribution in [2.75, 3.05) is 5.73 Å². The summed E-state index contributed by atoms with van der Waals surface area (Å²) in [5, 5.41) is 19.4. The fraction of sp³-hybridized carbons (Fsp3) is 0.600. The molecule has 7 nitrogen and oxygen atoms in total. The first-order chi connectivity index (χ1) is 8.18. The zero-order valence-corrected chi connectivity index (χ0v) is 9.87. The second-order valence-corrected chi connectivity index (χ2v) is 4.61. The van der Waals surface area contributed by atoms with Crippen molar-refractivity contribution in [3.63, 3.8) is 0 Å². The molecule has 1 fully saturated rings. The Hall–Kier alpha value is -1.51. The Morgan fingerprint density at radius 1 is 1.61 bits per heavy atom. The number of aliphatic hydroxyl groups excluding tert-OH is 1. The van der Waals surface area contributed by atoms with Gasteiger partial charge in [-0.15, -0.1) is 0 Å². The second-order valence-electron chi connectivity index (χ2n) is 4.61. The molecule has 0 spiro atoms. The van der Waals surface area contributed by atoms with Crippen molar-refractivity contribution in [2.45, 2.75) is 37.6 Å². The summed E-state index contributed by atoms with van der Waals surface area (Å²) in [6.07, 6.45) is -2.04. The van der Waals surface area contributed by atoms with Crippen LogP contribution in [0.4, 0.5) is 10.2 Å². The summed E-state index contributed by atoms with van der Waals surface area (Å²) in [6.45, 7) is 2.13. The van der Waals surface area contributed by atoms with Crippen LogP contribution in [0, 0.1) is 0 Å². The average Bonchev–Trinajstić information content (AvgIpc) is 2.39. The summed E-state index contributed by atoms with van der Waals surface area (Å²) < 4.78 is 20.3. The number of anilines is 1. The topological polar surface area (TPSA) is 111 Å². The molecule has 4 atom stereocenters. The number of halogens is 1. The zero-order chi connectivity index (χ0) is 13.7. The lowest BCUT2D eigenvalue weighted by Gasteiger charge is -2.31. The van der Waals surface area contributed by atoms with E-state index in [9.17, 15) is 19.4 Å². The summed E-state index contributed by atoms with van der Waals surface area (Å²) in [4.78, 5) is 15.0. The molecule has 8 heteroatoms. The molecule has 0 saturated carbocycles. The van der Waals surface area contributed by atoms with E-state index >= 15 is 0 Å². The van der Waals surface area contributed by atoms with Crippen molar-refractivity contribution in [1.82, 2.24) is 9.55 Å². The van der Waals surface area contributed by atoms with Crippen LogP contribution in [0.2, 0.25) is 0 Å². The van der Waals surface area contributed by atoms with Crippen molar-refractivity contribution in [1.29, 1.82) is 0 Å². The van der Waals surface area contributed by atoms with E-state index in [4.69, 9.17) is 10.5 Å². The van der Waals surface area contributed by atoms with Gasteiger partial charge in [0.25, 0.3) is 0 Å². The van der Waals surface area contributed by atoms with E-state index in [1.165, 1.54) is 12.3 Å². The van der Waals surface area contributed by atoms with Crippen LogP contribution < -0.4 is 11.4 Å². The van der Waals surface area contributed by atoms with Crippen LogP contribution in [-0.2, 0) is 4.74 Å². The molecule has 100 valence electrons. The SMILES string of the molecule is CC1(O)[C@@H](O)OC(n2ccc(N)nc2=O)[C@]1(C)F. The van der Waals surface area contributed by atoms with Crippen molar-refractivity contribution < 1.29 is 19.3 Å². The second kappa shape index (κ2) is 3.74. The Morgan fingerprint density at radius 3 is 2.67 bits per heavy atom. The smallest absolute Gasteiger partial charge is 0.351 e. The minimum absolute atomic E-state index is 0.0119. The van der Waals surface area contributed by atoms with E-state index in [2.05, 4.69) is 4.98 Å². The van der Waals surface area contributed by atoms with Gasteiger partial charge in [-0.1, -0.05) is 0 Å². The van der Waals surface area contributed by atoms with E-state index in [-0.39, 0.29) is 5.82 Å². The van der Waals surface area contributed by atoms with Gasteiger partial charge in [-0.25, -0.2) is 9.18 Å². The van der Waals surface area contributed by atoms with Gasteiger partial charge in [-0.05, 0) is 19.9 Å². The lowest BCUT2D eigenvalue weighted by Crippen LogP contribution is -2.51. The van der Waals surface area contributed by atoms with E-state index in [1.54, 1.807) is 0 Å². The number of alkyl halides is 1. The van der Waals surface area contributed by atoms with Crippen LogP contribution >= 0.6 is 0 Å². The number of nitrogens with zero attached hydrogens (tertiary/aromatic N) is 2. The van der Waals surface area contributed by atoms with Crippen molar-refractivity contribution in [3.05, 3.63) is 22.7 Å². The first-order valence-electron chi connectivity index (χ1n) is 5.27. The first kappa shape index (κ1) is 12.9. The summed E-state index contributed by atoms with van der Waals surface area (Å²) >= 11 is 0. The molecule has 2 unspecified atom stereocenters. The predicted octanol–water partition coefficient (Wildman–Crippen LogP) is -0.848. The molecule has 1 aliphatic rings. The number of hydrogen-bond donors (Lipinski definition) is 3. The zero-order valence-electron chi connectivity index (χ0n) is 9.87. The Balaban J connectivity index is 2.50. The van der Waals surface area contributed by atoms with Gasteiger partial charge < -0.3 is 20.7 Å². The highest BCUT2D eigenvalue weighted by atomic mass is 19.1. The highest BCUT2D eigenvalue weighted by Gasteiger charge is 2.63. The molecule has 0 bridgehead atoms. The quantitative estimate of drug-likeness (QED) is 0.606. The van der Waals surface area contributed by atoms with Gasteiger partial charge in [0.1, 0.15) is 5.82 Å². The molecule has 1 aliphatic heterocycles. The Labute approximate surface area is 102 Å². The van der Waals surface area contributed by atoms with Gasteiger partial charge in [0.05, 0.1) is 0 Å². The predicted molar refractivity (Wildman–Crippen MR) is 59.2 cm³/mol. The monoisotopic (exact) mass is 259 g/mol. The van der Waals surface area contributed by atoms with Crippen LogP contribution in [-0.4, -0.2) is 37.3 Å². The fourth-order valence-electron chi connectivity index (χ4n) is 1.80. The van der Waals surface area contributed by atoms with Crippen LogP contribution in [0.15, 0.2) is 17.1 Å². The van der Waals surface area contributed by atoms with Crippen molar-refractivity contribution in [3.8, 4) is 0 Å².